The van der Waals surface area contributed by atoms with Gasteiger partial charge in [-0.05, 0) is 28.1 Å². The van der Waals surface area contributed by atoms with Gasteiger partial charge in [-0.2, -0.15) is 0 Å². The lowest BCUT2D eigenvalue weighted by Crippen LogP contribution is -1.94. The van der Waals surface area contributed by atoms with Crippen LogP contribution >= 0.6 is 15.9 Å². The Balaban J connectivity index is 0.000000561. The topological polar surface area (TPSA) is 30.0 Å². The smallest absolute Gasteiger partial charge is 0.178 e. The molecule has 0 aromatic carbocycles. The minimum Gasteiger partial charge on any atom is -0.293 e. The van der Waals surface area contributed by atoms with E-state index < -0.39 is 0 Å². The quantitative estimate of drug-likeness (QED) is 0.694. The van der Waals surface area contributed by atoms with E-state index in [4.69, 9.17) is 0 Å². The van der Waals surface area contributed by atoms with Crippen LogP contribution in [-0.4, -0.2) is 10.8 Å². The van der Waals surface area contributed by atoms with E-state index in [1.165, 1.54) is 6.92 Å². The molecular formula is C9H12BrNO. The van der Waals surface area contributed by atoms with Crippen LogP contribution in [0.4, 0.5) is 0 Å². The molecule has 0 saturated carbocycles. The summed E-state index contributed by atoms with van der Waals surface area (Å²) < 4.78 is 0.887. The first-order valence-electron chi connectivity index (χ1n) is 3.82. The lowest BCUT2D eigenvalue weighted by molar-refractivity contribution is 0.101. The lowest BCUT2D eigenvalue weighted by Gasteiger charge is -1.92. The van der Waals surface area contributed by atoms with Crippen molar-refractivity contribution in [3.63, 3.8) is 0 Å². The lowest BCUT2D eigenvalue weighted by atomic mass is 10.3. The number of nitrogens with zero attached hydrogens (tertiary/aromatic N) is 1. The summed E-state index contributed by atoms with van der Waals surface area (Å²) in [5.74, 6) is -0.00694. The van der Waals surface area contributed by atoms with Crippen LogP contribution in [0.5, 0.6) is 0 Å². The van der Waals surface area contributed by atoms with Crippen molar-refractivity contribution in [2.45, 2.75) is 20.8 Å². The molecule has 0 spiro atoms. The fourth-order valence-corrected chi connectivity index (χ4v) is 0.819. The average Bonchev–Trinajstić information content (AvgIpc) is 2.09. The van der Waals surface area contributed by atoms with Crippen molar-refractivity contribution in [1.82, 2.24) is 4.98 Å². The average molecular weight is 230 g/mol. The van der Waals surface area contributed by atoms with Crippen molar-refractivity contribution in [3.05, 3.63) is 28.5 Å². The van der Waals surface area contributed by atoms with Crippen LogP contribution in [0.1, 0.15) is 31.3 Å². The minimum atomic E-state index is -0.00694. The van der Waals surface area contributed by atoms with Gasteiger partial charge in [-0.25, -0.2) is 0 Å². The molecule has 1 aromatic rings. The van der Waals surface area contributed by atoms with E-state index >= 15 is 0 Å². The predicted octanol–water partition coefficient (Wildman–Crippen LogP) is 3.07. The summed E-state index contributed by atoms with van der Waals surface area (Å²) in [6.45, 7) is 5.50. The number of carbonyl (C=O) groups is 1. The molecule has 0 amide bonds. The second kappa shape index (κ2) is 5.89. The summed E-state index contributed by atoms with van der Waals surface area (Å²) in [6, 6.07) is 3.48. The Hall–Kier alpha value is -0.700. The Labute approximate surface area is 81.1 Å². The van der Waals surface area contributed by atoms with Gasteiger partial charge in [0, 0.05) is 17.6 Å². The van der Waals surface area contributed by atoms with Crippen LogP contribution in [-0.2, 0) is 0 Å². The second-order valence-electron chi connectivity index (χ2n) is 1.92. The van der Waals surface area contributed by atoms with Crippen molar-refractivity contribution in [2.24, 2.45) is 0 Å². The molecule has 0 saturated heterocycles. The third kappa shape index (κ3) is 3.62. The number of rotatable bonds is 1. The van der Waals surface area contributed by atoms with Gasteiger partial charge >= 0.3 is 0 Å². The van der Waals surface area contributed by atoms with Crippen LogP contribution in [0.25, 0.3) is 0 Å². The molecule has 3 heteroatoms. The van der Waals surface area contributed by atoms with Gasteiger partial charge in [0.1, 0.15) is 5.69 Å². The van der Waals surface area contributed by atoms with Crippen molar-refractivity contribution in [1.29, 1.82) is 0 Å². The summed E-state index contributed by atoms with van der Waals surface area (Å²) in [5.41, 5.74) is 0.503. The largest absolute Gasteiger partial charge is 0.293 e. The van der Waals surface area contributed by atoms with Gasteiger partial charge in [0.15, 0.2) is 5.78 Å². The number of aromatic nitrogens is 1. The van der Waals surface area contributed by atoms with Gasteiger partial charge in [-0.3, -0.25) is 9.78 Å². The van der Waals surface area contributed by atoms with E-state index in [0.29, 0.717) is 5.69 Å². The predicted molar refractivity (Wildman–Crippen MR) is 53.3 cm³/mol. The molecule has 0 aliphatic carbocycles. The molecule has 0 aliphatic heterocycles. The molecule has 1 rings (SSSR count). The normalized spacial score (nSPS) is 8.33. The summed E-state index contributed by atoms with van der Waals surface area (Å²) in [6.07, 6.45) is 1.61. The number of ketones is 1. The third-order valence-electron chi connectivity index (χ3n) is 1.09. The Morgan fingerprint density at radius 3 is 2.33 bits per heavy atom. The minimum absolute atomic E-state index is 0.00694. The van der Waals surface area contributed by atoms with Gasteiger partial charge in [-0.15, -0.1) is 0 Å². The number of hydrogen-bond acceptors (Lipinski definition) is 2. The number of pyridine rings is 1. The van der Waals surface area contributed by atoms with Crippen LogP contribution < -0.4 is 0 Å². The van der Waals surface area contributed by atoms with E-state index in [1.807, 2.05) is 13.8 Å². The van der Waals surface area contributed by atoms with Crippen LogP contribution in [0.15, 0.2) is 22.8 Å². The van der Waals surface area contributed by atoms with Crippen LogP contribution in [0, 0.1) is 0 Å². The molecule has 0 bridgehead atoms. The van der Waals surface area contributed by atoms with E-state index in [9.17, 15) is 4.79 Å². The fraction of sp³-hybridized carbons (Fsp3) is 0.333. The molecule has 0 atom stereocenters. The highest BCUT2D eigenvalue weighted by Crippen LogP contribution is 2.07. The van der Waals surface area contributed by atoms with Gasteiger partial charge in [0.2, 0.25) is 0 Å². The third-order valence-corrected chi connectivity index (χ3v) is 1.56. The molecule has 0 N–H and O–H groups in total. The number of Topliss-reactive ketones (excluding diaryl/α,β-unsaturated/α-hetero) is 1. The van der Waals surface area contributed by atoms with E-state index in [-0.39, 0.29) is 5.78 Å². The second-order valence-corrected chi connectivity index (χ2v) is 2.83. The monoisotopic (exact) mass is 229 g/mol. The molecule has 66 valence electrons. The zero-order valence-electron chi connectivity index (χ0n) is 7.47. The van der Waals surface area contributed by atoms with Crippen molar-refractivity contribution >= 4 is 21.7 Å². The Morgan fingerprint density at radius 1 is 1.42 bits per heavy atom. The molecule has 0 radical (unpaired) electrons. The van der Waals surface area contributed by atoms with Crippen LogP contribution in [0.3, 0.4) is 0 Å². The molecular weight excluding hydrogens is 218 g/mol. The van der Waals surface area contributed by atoms with Crippen molar-refractivity contribution < 1.29 is 4.79 Å². The number of halogens is 1. The molecule has 2 nitrogen and oxygen atoms in total. The SMILES string of the molecule is CC.CC(=O)c1ccc(Br)cn1. The van der Waals surface area contributed by atoms with E-state index in [0.717, 1.165) is 4.47 Å². The van der Waals surface area contributed by atoms with E-state index in [2.05, 4.69) is 20.9 Å². The highest BCUT2D eigenvalue weighted by atomic mass is 79.9. The summed E-state index contributed by atoms with van der Waals surface area (Å²) >= 11 is 3.22. The Kier molecular flexibility index (Phi) is 5.54. The maximum Gasteiger partial charge on any atom is 0.178 e. The first kappa shape index (κ1) is 11.3. The molecule has 1 heterocycles. The Bertz CT molecular complexity index is 243. The van der Waals surface area contributed by atoms with Gasteiger partial charge in [-0.1, -0.05) is 13.8 Å². The first-order chi connectivity index (χ1) is 5.70. The molecule has 1 aromatic heterocycles. The standard InChI is InChI=1S/C7H6BrNO.C2H6/c1-5(10)7-3-2-6(8)4-9-7;1-2/h2-4H,1H3;1-2H3. The first-order valence-corrected chi connectivity index (χ1v) is 4.62. The zero-order chi connectivity index (χ0) is 9.56. The molecule has 12 heavy (non-hydrogen) atoms. The summed E-state index contributed by atoms with van der Waals surface area (Å²) in [5, 5.41) is 0. The summed E-state index contributed by atoms with van der Waals surface area (Å²) in [7, 11) is 0. The van der Waals surface area contributed by atoms with E-state index in [1.54, 1.807) is 18.3 Å². The van der Waals surface area contributed by atoms with Crippen molar-refractivity contribution in [2.75, 3.05) is 0 Å². The zero-order valence-corrected chi connectivity index (χ0v) is 9.05. The highest BCUT2D eigenvalue weighted by molar-refractivity contribution is 9.10. The number of carbonyl (C=O) groups excluding carboxylic acids is 1. The Morgan fingerprint density at radius 2 is 2.00 bits per heavy atom. The fourth-order valence-electron chi connectivity index (χ4n) is 0.584. The highest BCUT2D eigenvalue weighted by Gasteiger charge is 1.97. The maximum atomic E-state index is 10.7. The van der Waals surface area contributed by atoms with Gasteiger partial charge < -0.3 is 0 Å². The van der Waals surface area contributed by atoms with Crippen molar-refractivity contribution in [3.8, 4) is 0 Å². The van der Waals surface area contributed by atoms with Gasteiger partial charge in [0.05, 0.1) is 0 Å². The molecule has 0 aliphatic rings. The number of hydrogen-bond donors (Lipinski definition) is 0. The molecule has 0 unspecified atom stereocenters. The maximum absolute atomic E-state index is 10.7. The molecule has 0 fully saturated rings. The van der Waals surface area contributed by atoms with Gasteiger partial charge in [0.25, 0.3) is 0 Å². The summed E-state index contributed by atoms with van der Waals surface area (Å²) in [4.78, 5) is 14.6. The van der Waals surface area contributed by atoms with Crippen LogP contribution in [0.2, 0.25) is 0 Å².